The normalized spacial score (nSPS) is 12.9. The first kappa shape index (κ1) is 17.5. The second-order valence-corrected chi connectivity index (χ2v) is 5.94. The Morgan fingerprint density at radius 1 is 1.13 bits per heavy atom. The fourth-order valence-corrected chi connectivity index (χ4v) is 2.79. The van der Waals surface area contributed by atoms with Crippen molar-refractivity contribution in [2.75, 3.05) is 11.9 Å². The van der Waals surface area contributed by atoms with Crippen LogP contribution in [-0.2, 0) is 24.2 Å². The van der Waals surface area contributed by atoms with Gasteiger partial charge in [0.2, 0.25) is 5.91 Å². The molecule has 1 heterocycles. The molecule has 0 bridgehead atoms. The van der Waals surface area contributed by atoms with Crippen LogP contribution in [0.4, 0.5) is 5.69 Å². The lowest BCUT2D eigenvalue weighted by Gasteiger charge is -2.18. The summed E-state index contributed by atoms with van der Waals surface area (Å²) in [6, 6.07) is 14.6. The molecule has 122 valence electrons. The average Bonchev–Trinajstić information content (AvgIpc) is 2.54. The Morgan fingerprint density at radius 3 is 2.70 bits per heavy atom. The van der Waals surface area contributed by atoms with E-state index in [1.807, 2.05) is 6.07 Å². The molecular weight excluding hydrogens is 308 g/mol. The molecule has 1 aliphatic rings. The Labute approximate surface area is 143 Å². The highest BCUT2D eigenvalue weighted by atomic mass is 35.5. The minimum Gasteiger partial charge on any atom is -0.326 e. The first-order valence-corrected chi connectivity index (χ1v) is 7.88. The number of benzene rings is 2. The summed E-state index contributed by atoms with van der Waals surface area (Å²) in [5.41, 5.74) is 6.03. The van der Waals surface area contributed by atoms with Gasteiger partial charge < -0.3 is 10.6 Å². The molecule has 0 saturated heterocycles. The maximum absolute atomic E-state index is 12.1. The molecule has 0 radical (unpaired) electrons. The Morgan fingerprint density at radius 2 is 1.91 bits per heavy atom. The number of hydrogen-bond acceptors (Lipinski definition) is 2. The minimum atomic E-state index is 0. The van der Waals surface area contributed by atoms with Crippen molar-refractivity contribution in [1.29, 1.82) is 0 Å². The third kappa shape index (κ3) is 4.81. The molecule has 1 aliphatic heterocycles. The molecule has 0 atom stereocenters. The Hall–Kier alpha value is -1.84. The van der Waals surface area contributed by atoms with Crippen LogP contribution in [0.2, 0.25) is 0 Å². The van der Waals surface area contributed by atoms with Crippen LogP contribution in [0, 0.1) is 6.92 Å². The van der Waals surface area contributed by atoms with Crippen molar-refractivity contribution < 1.29 is 4.79 Å². The van der Waals surface area contributed by atoms with Crippen molar-refractivity contribution >= 4 is 24.0 Å². The predicted molar refractivity (Wildman–Crippen MR) is 97.2 cm³/mol. The molecule has 2 aromatic rings. The molecule has 0 saturated carbocycles. The van der Waals surface area contributed by atoms with Gasteiger partial charge in [-0.2, -0.15) is 0 Å². The number of hydrogen-bond donors (Lipinski definition) is 2. The lowest BCUT2D eigenvalue weighted by Crippen LogP contribution is -2.23. The van der Waals surface area contributed by atoms with Crippen molar-refractivity contribution in [2.24, 2.45) is 0 Å². The molecule has 0 spiro atoms. The number of aryl methyl sites for hydroxylation is 2. The SMILES string of the molecule is Cc1ccc(CCC(=O)Nc2ccc3c(c2)CNCC3)cc1.Cl. The van der Waals surface area contributed by atoms with E-state index in [1.54, 1.807) is 0 Å². The molecule has 4 heteroatoms. The third-order valence-corrected chi connectivity index (χ3v) is 4.14. The molecular formula is C19H23ClN2O. The molecule has 2 aromatic carbocycles. The summed E-state index contributed by atoms with van der Waals surface area (Å²) in [4.78, 5) is 12.1. The quantitative estimate of drug-likeness (QED) is 0.898. The number of carbonyl (C=O) groups excluding carboxylic acids is 1. The molecule has 2 N–H and O–H groups in total. The summed E-state index contributed by atoms with van der Waals surface area (Å²) in [5, 5.41) is 6.37. The van der Waals surface area contributed by atoms with Crippen LogP contribution in [0.25, 0.3) is 0 Å². The molecule has 0 aliphatic carbocycles. The third-order valence-electron chi connectivity index (χ3n) is 4.14. The standard InChI is InChI=1S/C19H22N2O.ClH/c1-14-2-4-15(5-3-14)6-9-19(22)21-18-8-7-16-10-11-20-13-17(16)12-18;/h2-5,7-8,12,20H,6,9-11,13H2,1H3,(H,21,22);1H. The van der Waals surface area contributed by atoms with Gasteiger partial charge in [-0.05, 0) is 55.1 Å². The summed E-state index contributed by atoms with van der Waals surface area (Å²) in [6.45, 7) is 4.00. The van der Waals surface area contributed by atoms with Crippen LogP contribution >= 0.6 is 12.4 Å². The molecule has 3 nitrogen and oxygen atoms in total. The van der Waals surface area contributed by atoms with E-state index in [0.717, 1.165) is 31.6 Å². The fourth-order valence-electron chi connectivity index (χ4n) is 2.79. The largest absolute Gasteiger partial charge is 0.326 e. The van der Waals surface area contributed by atoms with Crippen molar-refractivity contribution in [1.82, 2.24) is 5.32 Å². The van der Waals surface area contributed by atoms with Crippen molar-refractivity contribution in [3.8, 4) is 0 Å². The first-order chi connectivity index (χ1) is 10.7. The highest BCUT2D eigenvalue weighted by Gasteiger charge is 2.10. The predicted octanol–water partition coefficient (Wildman–Crippen LogP) is 3.63. The highest BCUT2D eigenvalue weighted by molar-refractivity contribution is 5.91. The van der Waals surface area contributed by atoms with Gasteiger partial charge in [0.15, 0.2) is 0 Å². The van der Waals surface area contributed by atoms with Crippen molar-refractivity contribution in [3.63, 3.8) is 0 Å². The van der Waals surface area contributed by atoms with Crippen molar-refractivity contribution in [3.05, 3.63) is 64.7 Å². The number of rotatable bonds is 4. The summed E-state index contributed by atoms with van der Waals surface area (Å²) in [5.74, 6) is 0.0734. The maximum atomic E-state index is 12.1. The number of anilines is 1. The van der Waals surface area contributed by atoms with E-state index in [4.69, 9.17) is 0 Å². The van der Waals surface area contributed by atoms with E-state index >= 15 is 0 Å². The average molecular weight is 331 g/mol. The highest BCUT2D eigenvalue weighted by Crippen LogP contribution is 2.19. The van der Waals surface area contributed by atoms with E-state index in [2.05, 4.69) is 54.0 Å². The number of halogens is 1. The van der Waals surface area contributed by atoms with Gasteiger partial charge >= 0.3 is 0 Å². The fraction of sp³-hybridized carbons (Fsp3) is 0.316. The summed E-state index contributed by atoms with van der Waals surface area (Å²) >= 11 is 0. The molecule has 3 rings (SSSR count). The van der Waals surface area contributed by atoms with Crippen LogP contribution in [-0.4, -0.2) is 12.5 Å². The van der Waals surface area contributed by atoms with Gasteiger partial charge in [-0.3, -0.25) is 4.79 Å². The number of nitrogens with one attached hydrogen (secondary N) is 2. The summed E-state index contributed by atoms with van der Waals surface area (Å²) in [6.07, 6.45) is 2.36. The first-order valence-electron chi connectivity index (χ1n) is 7.88. The molecule has 23 heavy (non-hydrogen) atoms. The maximum Gasteiger partial charge on any atom is 0.224 e. The van der Waals surface area contributed by atoms with Gasteiger partial charge in [-0.1, -0.05) is 35.9 Å². The lowest BCUT2D eigenvalue weighted by atomic mass is 10.0. The van der Waals surface area contributed by atoms with Crippen LogP contribution in [0.3, 0.4) is 0 Å². The van der Waals surface area contributed by atoms with Crippen molar-refractivity contribution in [2.45, 2.75) is 32.7 Å². The van der Waals surface area contributed by atoms with E-state index < -0.39 is 0 Å². The Kier molecular flexibility index (Phi) is 6.20. The summed E-state index contributed by atoms with van der Waals surface area (Å²) < 4.78 is 0. The zero-order valence-electron chi connectivity index (χ0n) is 13.4. The number of fused-ring (bicyclic) bond motifs is 1. The lowest BCUT2D eigenvalue weighted by molar-refractivity contribution is -0.116. The molecule has 0 unspecified atom stereocenters. The summed E-state index contributed by atoms with van der Waals surface area (Å²) in [7, 11) is 0. The Bertz CT molecular complexity index is 668. The smallest absolute Gasteiger partial charge is 0.224 e. The monoisotopic (exact) mass is 330 g/mol. The zero-order chi connectivity index (χ0) is 15.4. The van der Waals surface area contributed by atoms with Crippen LogP contribution < -0.4 is 10.6 Å². The number of carbonyl (C=O) groups is 1. The van der Waals surface area contributed by atoms with Gasteiger partial charge in [-0.25, -0.2) is 0 Å². The Balaban J connectivity index is 0.00000192. The van der Waals surface area contributed by atoms with Gasteiger partial charge in [0.1, 0.15) is 0 Å². The van der Waals surface area contributed by atoms with Gasteiger partial charge in [-0.15, -0.1) is 12.4 Å². The topological polar surface area (TPSA) is 41.1 Å². The van der Waals surface area contributed by atoms with E-state index in [1.165, 1.54) is 22.3 Å². The zero-order valence-corrected chi connectivity index (χ0v) is 14.2. The van der Waals surface area contributed by atoms with Crippen LogP contribution in [0.15, 0.2) is 42.5 Å². The molecule has 0 aromatic heterocycles. The number of amides is 1. The minimum absolute atomic E-state index is 0. The molecule has 0 fully saturated rings. The van der Waals surface area contributed by atoms with Gasteiger partial charge in [0.25, 0.3) is 0 Å². The van der Waals surface area contributed by atoms with E-state index in [0.29, 0.717) is 6.42 Å². The van der Waals surface area contributed by atoms with E-state index in [-0.39, 0.29) is 18.3 Å². The molecule has 1 amide bonds. The van der Waals surface area contributed by atoms with Gasteiger partial charge in [0, 0.05) is 18.7 Å². The van der Waals surface area contributed by atoms with Gasteiger partial charge in [0.05, 0.1) is 0 Å². The second-order valence-electron chi connectivity index (χ2n) is 5.94. The van der Waals surface area contributed by atoms with E-state index in [9.17, 15) is 4.79 Å². The second kappa shape index (κ2) is 8.14. The van der Waals surface area contributed by atoms with Crippen LogP contribution in [0.1, 0.15) is 28.7 Å². The van der Waals surface area contributed by atoms with Crippen LogP contribution in [0.5, 0.6) is 0 Å².